The van der Waals surface area contributed by atoms with Crippen molar-refractivity contribution in [3.8, 4) is 0 Å². The molecular weight excluding hydrogens is 496 g/mol. The second-order valence-electron chi connectivity index (χ2n) is 7.71. The Bertz CT molecular complexity index is 957. The van der Waals surface area contributed by atoms with Crippen molar-refractivity contribution >= 4 is 28.5 Å². The van der Waals surface area contributed by atoms with Crippen LogP contribution in [0.15, 0.2) is 30.3 Å². The summed E-state index contributed by atoms with van der Waals surface area (Å²) in [6, 6.07) is 6.54. The zero-order valence-electron chi connectivity index (χ0n) is 15.5. The summed E-state index contributed by atoms with van der Waals surface area (Å²) in [6.45, 7) is 1.08. The normalized spacial score (nSPS) is 20.6. The summed E-state index contributed by atoms with van der Waals surface area (Å²) >= 11 is 1.96. The van der Waals surface area contributed by atoms with E-state index in [4.69, 9.17) is 0 Å². The third-order valence-electron chi connectivity index (χ3n) is 5.73. The monoisotopic (exact) mass is 516 g/mol. The van der Waals surface area contributed by atoms with Crippen LogP contribution in [0.1, 0.15) is 34.3 Å². The molecule has 8 heteroatoms. The molecular formula is C21H20F3IN2O2. The van der Waals surface area contributed by atoms with Gasteiger partial charge in [0.2, 0.25) is 0 Å². The van der Waals surface area contributed by atoms with Crippen LogP contribution in [0.5, 0.6) is 0 Å². The fourth-order valence-corrected chi connectivity index (χ4v) is 4.57. The molecule has 154 valence electrons. The van der Waals surface area contributed by atoms with Gasteiger partial charge in [0.25, 0.3) is 5.91 Å². The first-order valence-electron chi connectivity index (χ1n) is 9.44. The number of likely N-dealkylation sites (tertiary alicyclic amines) is 1. The summed E-state index contributed by atoms with van der Waals surface area (Å²) in [5.74, 6) is -3.27. The van der Waals surface area contributed by atoms with E-state index in [0.717, 1.165) is 25.5 Å². The van der Waals surface area contributed by atoms with Gasteiger partial charge < -0.3 is 15.3 Å². The van der Waals surface area contributed by atoms with Crippen LogP contribution in [0.2, 0.25) is 0 Å². The molecule has 0 aliphatic carbocycles. The van der Waals surface area contributed by atoms with E-state index in [-0.39, 0.29) is 42.2 Å². The van der Waals surface area contributed by atoms with Crippen LogP contribution in [0, 0.1) is 21.0 Å². The van der Waals surface area contributed by atoms with Crippen LogP contribution < -0.4 is 5.32 Å². The maximum atomic E-state index is 14.6. The Hall–Kier alpha value is -1.65. The summed E-state index contributed by atoms with van der Waals surface area (Å²) in [5, 5.41) is 13.9. The highest BCUT2D eigenvalue weighted by atomic mass is 127. The van der Waals surface area contributed by atoms with Gasteiger partial charge in [0.1, 0.15) is 11.4 Å². The first-order valence-corrected chi connectivity index (χ1v) is 10.5. The molecule has 1 amide bonds. The molecule has 1 atom stereocenters. The predicted octanol–water partition coefficient (Wildman–Crippen LogP) is 3.24. The van der Waals surface area contributed by atoms with Crippen LogP contribution in [0.3, 0.4) is 0 Å². The van der Waals surface area contributed by atoms with Gasteiger partial charge in [-0.05, 0) is 71.8 Å². The minimum atomic E-state index is -1.15. The maximum Gasteiger partial charge on any atom is 0.254 e. The lowest BCUT2D eigenvalue weighted by Gasteiger charge is -2.49. The highest BCUT2D eigenvalue weighted by Crippen LogP contribution is 2.32. The number of carbonyl (C=O) groups excluding carboxylic acids is 1. The quantitative estimate of drug-likeness (QED) is 0.614. The van der Waals surface area contributed by atoms with Gasteiger partial charge in [-0.2, -0.15) is 0 Å². The molecule has 1 unspecified atom stereocenters. The molecule has 0 aromatic heterocycles. The average molecular weight is 516 g/mol. The number of nitrogens with one attached hydrogen (secondary N) is 1. The highest BCUT2D eigenvalue weighted by molar-refractivity contribution is 14.1. The molecule has 2 fully saturated rings. The van der Waals surface area contributed by atoms with E-state index in [1.807, 2.05) is 22.6 Å². The molecule has 2 N–H and O–H groups in total. The van der Waals surface area contributed by atoms with Gasteiger partial charge >= 0.3 is 0 Å². The molecule has 0 bridgehead atoms. The van der Waals surface area contributed by atoms with Crippen LogP contribution in [-0.4, -0.2) is 47.2 Å². The SMILES string of the molecule is O=C(c1ccc(F)c(F)c1Cc1ccc(I)cc1F)N1CC(O)(C2CCCN2)C1. The molecule has 2 aromatic carbocycles. The lowest BCUT2D eigenvalue weighted by atomic mass is 9.84. The fraction of sp³-hybridized carbons (Fsp3) is 0.381. The number of hydrogen-bond donors (Lipinski definition) is 2. The number of amides is 1. The molecule has 0 spiro atoms. The second-order valence-corrected chi connectivity index (χ2v) is 8.96. The molecule has 2 saturated heterocycles. The fourth-order valence-electron chi connectivity index (χ4n) is 4.11. The largest absolute Gasteiger partial charge is 0.385 e. The number of β-amino-alcohol motifs (C(OH)–C–C–N with tert-alkyl or cyclic N) is 1. The minimum Gasteiger partial charge on any atom is -0.385 e. The topological polar surface area (TPSA) is 52.6 Å². The van der Waals surface area contributed by atoms with Gasteiger partial charge in [0, 0.05) is 27.2 Å². The molecule has 2 heterocycles. The third kappa shape index (κ3) is 3.89. The van der Waals surface area contributed by atoms with Crippen molar-refractivity contribution in [2.45, 2.75) is 30.9 Å². The van der Waals surface area contributed by atoms with E-state index < -0.39 is 29.0 Å². The van der Waals surface area contributed by atoms with Gasteiger partial charge in [-0.15, -0.1) is 0 Å². The molecule has 0 radical (unpaired) electrons. The van der Waals surface area contributed by atoms with E-state index in [1.54, 1.807) is 6.07 Å². The van der Waals surface area contributed by atoms with Crippen LogP contribution in [0.25, 0.3) is 0 Å². The van der Waals surface area contributed by atoms with Crippen molar-refractivity contribution in [1.82, 2.24) is 10.2 Å². The standard InChI is InChI=1S/C21H20F3IN2O2/c22-16-6-5-14(15(19(16)24)8-12-3-4-13(25)9-17(12)23)20(28)27-10-21(29,11-27)18-2-1-7-26-18/h3-6,9,18,26,29H,1-2,7-8,10-11H2. The first kappa shape index (κ1) is 20.6. The van der Waals surface area contributed by atoms with E-state index in [0.29, 0.717) is 3.57 Å². The summed E-state index contributed by atoms with van der Waals surface area (Å²) in [4.78, 5) is 14.4. The number of rotatable bonds is 4. The van der Waals surface area contributed by atoms with Gasteiger partial charge in [-0.1, -0.05) is 6.07 Å². The highest BCUT2D eigenvalue weighted by Gasteiger charge is 2.50. The smallest absolute Gasteiger partial charge is 0.254 e. The van der Waals surface area contributed by atoms with Crippen molar-refractivity contribution < 1.29 is 23.1 Å². The number of benzene rings is 2. The average Bonchev–Trinajstić information content (AvgIpc) is 3.19. The molecule has 4 rings (SSSR count). The van der Waals surface area contributed by atoms with Gasteiger partial charge in [-0.25, -0.2) is 13.2 Å². The minimum absolute atomic E-state index is 0.0109. The maximum absolute atomic E-state index is 14.6. The van der Waals surface area contributed by atoms with Crippen LogP contribution in [-0.2, 0) is 6.42 Å². The number of aliphatic hydroxyl groups is 1. The molecule has 2 aromatic rings. The molecule has 4 nitrogen and oxygen atoms in total. The zero-order chi connectivity index (χ0) is 20.8. The Labute approximate surface area is 180 Å². The van der Waals surface area contributed by atoms with E-state index in [2.05, 4.69) is 5.32 Å². The van der Waals surface area contributed by atoms with E-state index in [9.17, 15) is 23.1 Å². The molecule has 29 heavy (non-hydrogen) atoms. The Morgan fingerprint density at radius 1 is 1.21 bits per heavy atom. The summed E-state index contributed by atoms with van der Waals surface area (Å²) < 4.78 is 43.4. The first-order chi connectivity index (χ1) is 13.8. The second kappa shape index (κ2) is 7.88. The molecule has 2 aliphatic rings. The number of carbonyl (C=O) groups is 1. The number of nitrogens with zero attached hydrogens (tertiary/aromatic N) is 1. The summed E-state index contributed by atoms with van der Waals surface area (Å²) in [6.07, 6.45) is 1.56. The Morgan fingerprint density at radius 3 is 2.62 bits per heavy atom. The zero-order valence-corrected chi connectivity index (χ0v) is 17.7. The van der Waals surface area contributed by atoms with Crippen molar-refractivity contribution in [3.63, 3.8) is 0 Å². The summed E-state index contributed by atoms with van der Waals surface area (Å²) in [5.41, 5.74) is -1.01. The Balaban J connectivity index is 1.59. The molecule has 2 aliphatic heterocycles. The molecule has 0 saturated carbocycles. The number of hydrogen-bond acceptors (Lipinski definition) is 3. The van der Waals surface area contributed by atoms with Gasteiger partial charge in [0.15, 0.2) is 11.6 Å². The van der Waals surface area contributed by atoms with Crippen molar-refractivity contribution in [3.05, 3.63) is 68.0 Å². The lowest BCUT2D eigenvalue weighted by Crippen LogP contribution is -2.70. The third-order valence-corrected chi connectivity index (χ3v) is 6.41. The van der Waals surface area contributed by atoms with E-state index >= 15 is 0 Å². The van der Waals surface area contributed by atoms with Crippen molar-refractivity contribution in [2.24, 2.45) is 0 Å². The van der Waals surface area contributed by atoms with Crippen LogP contribution >= 0.6 is 22.6 Å². The van der Waals surface area contributed by atoms with Crippen LogP contribution in [0.4, 0.5) is 13.2 Å². The predicted molar refractivity (Wildman–Crippen MR) is 110 cm³/mol. The summed E-state index contributed by atoms with van der Waals surface area (Å²) in [7, 11) is 0. The van der Waals surface area contributed by atoms with Gasteiger partial charge in [0.05, 0.1) is 13.1 Å². The Morgan fingerprint density at radius 2 is 1.97 bits per heavy atom. The number of halogens is 4. The lowest BCUT2D eigenvalue weighted by molar-refractivity contribution is -0.100. The van der Waals surface area contributed by atoms with Crippen molar-refractivity contribution in [1.29, 1.82) is 0 Å². The van der Waals surface area contributed by atoms with E-state index in [1.165, 1.54) is 23.1 Å². The van der Waals surface area contributed by atoms with Crippen molar-refractivity contribution in [2.75, 3.05) is 19.6 Å². The Kier molecular flexibility index (Phi) is 5.60. The van der Waals surface area contributed by atoms with Gasteiger partial charge in [-0.3, -0.25) is 4.79 Å².